The number of hydrogen-bond acceptors (Lipinski definition) is 4. The van der Waals surface area contributed by atoms with Crippen LogP contribution < -0.4 is 5.32 Å². The Morgan fingerprint density at radius 2 is 1.95 bits per heavy atom. The standard InChI is InChI=1S/C13H15NO4S/c1-13(2,3)18-12(15)14-10-5-4-6-11-9(10)7-8-19(11,16)17/h4-8H,1-3H3,(H,14,15). The number of hydrogen-bond donors (Lipinski definition) is 1. The highest BCUT2D eigenvalue weighted by molar-refractivity contribution is 7.94. The fraction of sp³-hybridized carbons (Fsp3) is 0.308. The molecule has 0 spiro atoms. The Kier molecular flexibility index (Phi) is 3.14. The maximum atomic E-state index is 11.7. The fourth-order valence-electron chi connectivity index (χ4n) is 1.72. The summed E-state index contributed by atoms with van der Waals surface area (Å²) in [5.41, 5.74) is 0.293. The quantitative estimate of drug-likeness (QED) is 0.859. The van der Waals surface area contributed by atoms with Gasteiger partial charge >= 0.3 is 6.09 Å². The third kappa shape index (κ3) is 2.96. The van der Waals surface area contributed by atoms with E-state index in [-0.39, 0.29) is 4.90 Å². The summed E-state index contributed by atoms with van der Waals surface area (Å²) in [6, 6.07) is 4.72. The maximum absolute atomic E-state index is 11.7. The monoisotopic (exact) mass is 281 g/mol. The largest absolute Gasteiger partial charge is 0.444 e. The number of anilines is 1. The number of rotatable bonds is 1. The molecular formula is C13H15NO4S. The van der Waals surface area contributed by atoms with Gasteiger partial charge in [0.1, 0.15) is 5.60 Å². The first-order chi connectivity index (χ1) is 8.69. The zero-order valence-electron chi connectivity index (χ0n) is 10.9. The minimum atomic E-state index is -3.37. The van der Waals surface area contributed by atoms with Crippen LogP contribution in [-0.4, -0.2) is 20.1 Å². The van der Waals surface area contributed by atoms with Gasteiger partial charge in [0, 0.05) is 11.0 Å². The van der Waals surface area contributed by atoms with Crippen LogP contribution in [0.3, 0.4) is 0 Å². The van der Waals surface area contributed by atoms with Crippen molar-refractivity contribution in [1.29, 1.82) is 0 Å². The molecule has 0 radical (unpaired) electrons. The van der Waals surface area contributed by atoms with E-state index in [0.717, 1.165) is 5.41 Å². The van der Waals surface area contributed by atoms with Gasteiger partial charge in [-0.2, -0.15) is 0 Å². The molecule has 1 aliphatic rings. The SMILES string of the molecule is CC(C)(C)OC(=O)Nc1cccc2c1C=CS2(=O)=O. The zero-order valence-corrected chi connectivity index (χ0v) is 11.7. The normalized spacial score (nSPS) is 15.9. The summed E-state index contributed by atoms with van der Waals surface area (Å²) in [7, 11) is -3.37. The molecule has 0 atom stereocenters. The van der Waals surface area contributed by atoms with E-state index in [0.29, 0.717) is 11.3 Å². The van der Waals surface area contributed by atoms with Crippen molar-refractivity contribution in [3.63, 3.8) is 0 Å². The van der Waals surface area contributed by atoms with Crippen molar-refractivity contribution in [2.24, 2.45) is 0 Å². The van der Waals surface area contributed by atoms with Crippen LogP contribution in [0.1, 0.15) is 26.3 Å². The number of carbonyl (C=O) groups is 1. The minimum absolute atomic E-state index is 0.195. The van der Waals surface area contributed by atoms with E-state index in [9.17, 15) is 13.2 Å². The van der Waals surface area contributed by atoms with Gasteiger partial charge < -0.3 is 4.74 Å². The topological polar surface area (TPSA) is 72.5 Å². The van der Waals surface area contributed by atoms with Gasteiger partial charge in [-0.1, -0.05) is 6.07 Å². The van der Waals surface area contributed by atoms with E-state index in [4.69, 9.17) is 4.74 Å². The summed E-state index contributed by atoms with van der Waals surface area (Å²) in [5, 5.41) is 3.68. The number of benzene rings is 1. The molecular weight excluding hydrogens is 266 g/mol. The second-order valence-corrected chi connectivity index (χ2v) is 6.99. The predicted molar refractivity (Wildman–Crippen MR) is 72.5 cm³/mol. The van der Waals surface area contributed by atoms with Crippen LogP contribution >= 0.6 is 0 Å². The second-order valence-electron chi connectivity index (χ2n) is 5.19. The molecule has 2 rings (SSSR count). The third-order valence-electron chi connectivity index (χ3n) is 2.42. The molecule has 19 heavy (non-hydrogen) atoms. The molecule has 0 aliphatic carbocycles. The maximum Gasteiger partial charge on any atom is 0.412 e. The Labute approximate surface area is 112 Å². The van der Waals surface area contributed by atoms with Crippen molar-refractivity contribution >= 4 is 27.7 Å². The molecule has 6 heteroatoms. The van der Waals surface area contributed by atoms with E-state index in [1.165, 1.54) is 12.1 Å². The summed E-state index contributed by atoms with van der Waals surface area (Å²) in [6.45, 7) is 5.27. The molecule has 0 bridgehead atoms. The molecule has 1 aromatic carbocycles. The third-order valence-corrected chi connectivity index (χ3v) is 3.89. The van der Waals surface area contributed by atoms with Crippen LogP contribution in [-0.2, 0) is 14.6 Å². The van der Waals surface area contributed by atoms with E-state index >= 15 is 0 Å². The lowest BCUT2D eigenvalue weighted by molar-refractivity contribution is 0.0636. The van der Waals surface area contributed by atoms with Gasteiger partial charge in [0.2, 0.25) is 9.84 Å². The molecule has 1 N–H and O–H groups in total. The molecule has 0 saturated heterocycles. The number of fused-ring (bicyclic) bond motifs is 1. The molecule has 5 nitrogen and oxygen atoms in total. The number of carbonyl (C=O) groups excluding carboxylic acids is 1. The molecule has 1 heterocycles. The van der Waals surface area contributed by atoms with Crippen LogP contribution in [0.15, 0.2) is 28.5 Å². The Hall–Kier alpha value is -1.82. The van der Waals surface area contributed by atoms with Gasteiger partial charge in [0.25, 0.3) is 0 Å². The molecule has 1 amide bonds. The Balaban J connectivity index is 2.27. The smallest absolute Gasteiger partial charge is 0.412 e. The second kappa shape index (κ2) is 4.38. The van der Waals surface area contributed by atoms with Gasteiger partial charge in [-0.25, -0.2) is 13.2 Å². The highest BCUT2D eigenvalue weighted by atomic mass is 32.2. The van der Waals surface area contributed by atoms with Crippen molar-refractivity contribution in [1.82, 2.24) is 0 Å². The number of ether oxygens (including phenoxy) is 1. The molecule has 0 saturated carbocycles. The molecule has 0 aromatic heterocycles. The van der Waals surface area contributed by atoms with E-state index in [1.54, 1.807) is 32.9 Å². The zero-order chi connectivity index (χ0) is 14.3. The number of nitrogens with one attached hydrogen (secondary N) is 1. The van der Waals surface area contributed by atoms with Crippen LogP contribution in [0.2, 0.25) is 0 Å². The highest BCUT2D eigenvalue weighted by Crippen LogP contribution is 2.32. The first-order valence-electron chi connectivity index (χ1n) is 5.75. The highest BCUT2D eigenvalue weighted by Gasteiger charge is 2.24. The van der Waals surface area contributed by atoms with Crippen molar-refractivity contribution in [2.75, 3.05) is 5.32 Å². The number of sulfone groups is 1. The summed E-state index contributed by atoms with van der Waals surface area (Å²) < 4.78 is 28.5. The summed E-state index contributed by atoms with van der Waals surface area (Å²) in [5.74, 6) is 0. The Morgan fingerprint density at radius 1 is 1.26 bits per heavy atom. The van der Waals surface area contributed by atoms with Crippen molar-refractivity contribution < 1.29 is 17.9 Å². The summed E-state index contributed by atoms with van der Waals surface area (Å²) >= 11 is 0. The van der Waals surface area contributed by atoms with Crippen LogP contribution in [0, 0.1) is 0 Å². The molecule has 0 fully saturated rings. The van der Waals surface area contributed by atoms with Crippen LogP contribution in [0.5, 0.6) is 0 Å². The Morgan fingerprint density at radius 3 is 2.58 bits per heavy atom. The first kappa shape index (κ1) is 13.6. The van der Waals surface area contributed by atoms with Gasteiger partial charge in [-0.15, -0.1) is 0 Å². The average molecular weight is 281 g/mol. The van der Waals surface area contributed by atoms with E-state index in [2.05, 4.69) is 5.32 Å². The van der Waals surface area contributed by atoms with Crippen molar-refractivity contribution in [2.45, 2.75) is 31.3 Å². The van der Waals surface area contributed by atoms with Gasteiger partial charge in [-0.3, -0.25) is 5.32 Å². The Bertz CT molecular complexity index is 654. The van der Waals surface area contributed by atoms with E-state index in [1.807, 2.05) is 0 Å². The molecule has 102 valence electrons. The van der Waals surface area contributed by atoms with Gasteiger partial charge in [0.15, 0.2) is 0 Å². The van der Waals surface area contributed by atoms with Gasteiger partial charge in [-0.05, 0) is 39.0 Å². The first-order valence-corrected chi connectivity index (χ1v) is 7.30. The van der Waals surface area contributed by atoms with Crippen molar-refractivity contribution in [3.8, 4) is 0 Å². The lowest BCUT2D eigenvalue weighted by Gasteiger charge is -2.20. The summed E-state index contributed by atoms with van der Waals surface area (Å²) in [4.78, 5) is 11.9. The summed E-state index contributed by atoms with van der Waals surface area (Å²) in [6.07, 6.45) is 0.857. The predicted octanol–water partition coefficient (Wildman–Crippen LogP) is 2.79. The van der Waals surface area contributed by atoms with E-state index < -0.39 is 21.5 Å². The molecule has 0 unspecified atom stereocenters. The lowest BCUT2D eigenvalue weighted by atomic mass is 10.2. The minimum Gasteiger partial charge on any atom is -0.444 e. The average Bonchev–Trinajstić information content (AvgIpc) is 2.53. The van der Waals surface area contributed by atoms with Gasteiger partial charge in [0.05, 0.1) is 10.6 Å². The number of amides is 1. The van der Waals surface area contributed by atoms with Crippen LogP contribution in [0.4, 0.5) is 10.5 Å². The lowest BCUT2D eigenvalue weighted by Crippen LogP contribution is -2.27. The fourth-order valence-corrected chi connectivity index (χ4v) is 2.93. The van der Waals surface area contributed by atoms with Crippen molar-refractivity contribution in [3.05, 3.63) is 29.2 Å². The molecule has 1 aromatic rings. The van der Waals surface area contributed by atoms with Crippen LogP contribution in [0.25, 0.3) is 6.08 Å². The molecule has 1 aliphatic heterocycles.